The topological polar surface area (TPSA) is 110 Å². The number of amides is 1. The van der Waals surface area contributed by atoms with Gasteiger partial charge in [-0.1, -0.05) is 17.7 Å². The van der Waals surface area contributed by atoms with E-state index in [-0.39, 0.29) is 10.8 Å². The summed E-state index contributed by atoms with van der Waals surface area (Å²) in [5.41, 5.74) is 2.54. The molecule has 1 saturated heterocycles. The van der Waals surface area contributed by atoms with Crippen LogP contribution in [0.1, 0.15) is 29.6 Å². The lowest BCUT2D eigenvalue weighted by atomic mass is 9.93. The first-order chi connectivity index (χ1) is 17.8. The lowest BCUT2D eigenvalue weighted by molar-refractivity contribution is 0.102. The molecule has 11 heteroatoms. The van der Waals surface area contributed by atoms with E-state index in [0.717, 1.165) is 56.3 Å². The van der Waals surface area contributed by atoms with Crippen LogP contribution < -0.4 is 10.2 Å². The lowest BCUT2D eigenvalue weighted by Gasteiger charge is -2.34. The summed E-state index contributed by atoms with van der Waals surface area (Å²) in [4.78, 5) is 28.2. The van der Waals surface area contributed by atoms with Crippen LogP contribution in [-0.4, -0.2) is 53.2 Å². The summed E-state index contributed by atoms with van der Waals surface area (Å²) in [6, 6.07) is 12.0. The molecule has 1 aliphatic rings. The van der Waals surface area contributed by atoms with Gasteiger partial charge in [-0.15, -0.1) is 0 Å². The van der Waals surface area contributed by atoms with Gasteiger partial charge < -0.3 is 14.8 Å². The Balaban J connectivity index is 1.29. The molecule has 0 bridgehead atoms. The van der Waals surface area contributed by atoms with Crippen LogP contribution in [0.25, 0.3) is 11.2 Å². The maximum Gasteiger partial charge on any atom is 0.255 e. The van der Waals surface area contributed by atoms with Gasteiger partial charge in [0.2, 0.25) is 0 Å². The second kappa shape index (κ2) is 10.5. The van der Waals surface area contributed by atoms with Gasteiger partial charge in [-0.25, -0.2) is 23.4 Å². The van der Waals surface area contributed by atoms with Crippen molar-refractivity contribution in [2.45, 2.75) is 30.7 Å². The molecule has 1 fully saturated rings. The number of nitrogens with zero attached hydrogens (tertiary/aromatic N) is 5. The fraction of sp³-hybridized carbons (Fsp3) is 0.308. The van der Waals surface area contributed by atoms with E-state index in [4.69, 9.17) is 11.6 Å². The number of pyridine rings is 2. The van der Waals surface area contributed by atoms with Crippen LogP contribution in [-0.2, 0) is 16.4 Å². The van der Waals surface area contributed by atoms with Gasteiger partial charge >= 0.3 is 0 Å². The Labute approximate surface area is 220 Å². The minimum atomic E-state index is -3.50. The van der Waals surface area contributed by atoms with Gasteiger partial charge in [0, 0.05) is 48.9 Å². The first kappa shape index (κ1) is 25.2. The number of imidazole rings is 1. The number of carbonyl (C=O) groups is 1. The molecule has 0 spiro atoms. The molecule has 4 aromatic rings. The number of halogens is 1. The van der Waals surface area contributed by atoms with E-state index in [0.29, 0.717) is 28.0 Å². The van der Waals surface area contributed by atoms with E-state index < -0.39 is 9.84 Å². The predicted octanol–water partition coefficient (Wildman–Crippen LogP) is 4.44. The number of sulfone groups is 1. The molecule has 0 unspecified atom stereocenters. The highest BCUT2D eigenvalue weighted by Crippen LogP contribution is 2.31. The van der Waals surface area contributed by atoms with Crippen molar-refractivity contribution in [1.82, 2.24) is 19.5 Å². The smallest absolute Gasteiger partial charge is 0.255 e. The normalized spacial score (nSPS) is 14.7. The van der Waals surface area contributed by atoms with Crippen LogP contribution >= 0.6 is 11.6 Å². The van der Waals surface area contributed by atoms with E-state index in [1.54, 1.807) is 30.5 Å². The molecular formula is C26H27ClN6O3S. The SMILES string of the molecule is CS(=O)(=O)c1cnc(N2CCC(CCn3cnc4ncccc43)CC2)c(NC(=O)c2cccc(Cl)c2)c1. The van der Waals surface area contributed by atoms with Crippen LogP contribution in [0.5, 0.6) is 0 Å². The maximum atomic E-state index is 12.9. The van der Waals surface area contributed by atoms with Gasteiger partial charge in [0.25, 0.3) is 5.91 Å². The molecule has 9 nitrogen and oxygen atoms in total. The maximum absolute atomic E-state index is 12.9. The van der Waals surface area contributed by atoms with Crippen molar-refractivity contribution in [2.24, 2.45) is 5.92 Å². The van der Waals surface area contributed by atoms with Gasteiger partial charge in [-0.05, 0) is 61.6 Å². The third kappa shape index (κ3) is 5.75. The summed E-state index contributed by atoms with van der Waals surface area (Å²) in [6.45, 7) is 2.37. The summed E-state index contributed by atoms with van der Waals surface area (Å²) in [5, 5.41) is 3.30. The number of carbonyl (C=O) groups excluding carboxylic acids is 1. The van der Waals surface area contributed by atoms with Crippen molar-refractivity contribution in [3.63, 3.8) is 0 Å². The summed E-state index contributed by atoms with van der Waals surface area (Å²) >= 11 is 6.04. The van der Waals surface area contributed by atoms with Crippen LogP contribution in [0.4, 0.5) is 11.5 Å². The summed E-state index contributed by atoms with van der Waals surface area (Å²) < 4.78 is 26.5. The second-order valence-corrected chi connectivity index (χ2v) is 11.7. The summed E-state index contributed by atoms with van der Waals surface area (Å²) in [7, 11) is -3.50. The van der Waals surface area contributed by atoms with Crippen LogP contribution in [0.3, 0.4) is 0 Å². The second-order valence-electron chi connectivity index (χ2n) is 9.28. The van der Waals surface area contributed by atoms with Crippen molar-refractivity contribution < 1.29 is 13.2 Å². The van der Waals surface area contributed by atoms with Crippen molar-refractivity contribution in [1.29, 1.82) is 0 Å². The molecular weight excluding hydrogens is 512 g/mol. The highest BCUT2D eigenvalue weighted by atomic mass is 35.5. The number of aromatic nitrogens is 4. The van der Waals surface area contributed by atoms with Gasteiger partial charge in [-0.2, -0.15) is 0 Å². The number of benzene rings is 1. The Hall–Kier alpha value is -3.50. The fourth-order valence-electron chi connectivity index (χ4n) is 4.64. The molecule has 1 aliphatic heterocycles. The van der Waals surface area contributed by atoms with Crippen molar-refractivity contribution in [3.8, 4) is 0 Å². The molecule has 192 valence electrons. The summed E-state index contributed by atoms with van der Waals surface area (Å²) in [5.74, 6) is 0.714. The zero-order valence-electron chi connectivity index (χ0n) is 20.3. The van der Waals surface area contributed by atoms with Gasteiger partial charge in [-0.3, -0.25) is 4.79 Å². The van der Waals surface area contributed by atoms with E-state index in [9.17, 15) is 13.2 Å². The number of piperidine rings is 1. The number of rotatable bonds is 7. The summed E-state index contributed by atoms with van der Waals surface area (Å²) in [6.07, 6.45) is 9.00. The Bertz CT molecular complexity index is 1550. The monoisotopic (exact) mass is 538 g/mol. The molecule has 0 atom stereocenters. The highest BCUT2D eigenvalue weighted by molar-refractivity contribution is 7.90. The molecule has 5 rings (SSSR count). The van der Waals surface area contributed by atoms with E-state index in [2.05, 4.69) is 29.7 Å². The minimum Gasteiger partial charge on any atom is -0.355 e. The number of anilines is 2. The Morgan fingerprint density at radius 2 is 1.92 bits per heavy atom. The van der Waals surface area contributed by atoms with E-state index in [1.807, 2.05) is 18.5 Å². The quantitative estimate of drug-likeness (QED) is 0.370. The molecule has 0 radical (unpaired) electrons. The fourth-order valence-corrected chi connectivity index (χ4v) is 5.41. The number of aryl methyl sites for hydroxylation is 1. The molecule has 0 aliphatic carbocycles. The Morgan fingerprint density at radius 3 is 2.68 bits per heavy atom. The average Bonchev–Trinajstić information content (AvgIpc) is 3.30. The zero-order valence-corrected chi connectivity index (χ0v) is 21.9. The number of nitrogens with one attached hydrogen (secondary N) is 1. The largest absolute Gasteiger partial charge is 0.355 e. The van der Waals surface area contributed by atoms with E-state index >= 15 is 0 Å². The third-order valence-corrected chi connectivity index (χ3v) is 8.01. The Kier molecular flexibility index (Phi) is 7.12. The first-order valence-corrected chi connectivity index (χ1v) is 14.3. The number of hydrogen-bond donors (Lipinski definition) is 1. The Morgan fingerprint density at radius 1 is 1.11 bits per heavy atom. The highest BCUT2D eigenvalue weighted by Gasteiger charge is 2.24. The van der Waals surface area contributed by atoms with Gasteiger partial charge in [0.05, 0.1) is 22.4 Å². The van der Waals surface area contributed by atoms with Gasteiger partial charge in [0.15, 0.2) is 21.3 Å². The first-order valence-electron chi connectivity index (χ1n) is 12.1. The van der Waals surface area contributed by atoms with Crippen molar-refractivity contribution >= 4 is 50.0 Å². The van der Waals surface area contributed by atoms with E-state index in [1.165, 1.54) is 12.3 Å². The molecule has 1 amide bonds. The van der Waals surface area contributed by atoms with Crippen LogP contribution in [0.15, 0.2) is 66.1 Å². The third-order valence-electron chi connectivity index (χ3n) is 6.69. The van der Waals surface area contributed by atoms with Crippen molar-refractivity contribution in [3.05, 3.63) is 71.8 Å². The molecule has 1 N–H and O–H groups in total. The molecule has 3 aromatic heterocycles. The number of hydrogen-bond acceptors (Lipinski definition) is 7. The average molecular weight is 539 g/mol. The minimum absolute atomic E-state index is 0.0505. The predicted molar refractivity (Wildman–Crippen MR) is 144 cm³/mol. The molecule has 4 heterocycles. The van der Waals surface area contributed by atoms with Crippen LogP contribution in [0, 0.1) is 5.92 Å². The van der Waals surface area contributed by atoms with Crippen LogP contribution in [0.2, 0.25) is 5.02 Å². The molecule has 37 heavy (non-hydrogen) atoms. The van der Waals surface area contributed by atoms with Crippen molar-refractivity contribution in [2.75, 3.05) is 29.6 Å². The zero-order chi connectivity index (χ0) is 26.0. The van der Waals surface area contributed by atoms with Gasteiger partial charge in [0.1, 0.15) is 0 Å². The molecule has 0 saturated carbocycles. The lowest BCUT2D eigenvalue weighted by Crippen LogP contribution is -2.35. The molecule has 1 aromatic carbocycles. The number of fused-ring (bicyclic) bond motifs is 1. The standard InChI is InChI=1S/C26H27ClN6O3S/c1-37(35,36)21-15-22(31-26(34)19-4-2-5-20(27)14-19)25(29-16-21)32-11-7-18(8-12-32)9-13-33-17-30-24-23(33)6-3-10-28-24/h2-6,10,14-18H,7-9,11-13H2,1H3,(H,31,34).